The first kappa shape index (κ1) is 11.7. The van der Waals surface area contributed by atoms with E-state index in [9.17, 15) is 0 Å². The highest BCUT2D eigenvalue weighted by molar-refractivity contribution is 7.11. The molecule has 0 amide bonds. The van der Waals surface area contributed by atoms with E-state index >= 15 is 0 Å². The van der Waals surface area contributed by atoms with Gasteiger partial charge >= 0.3 is 0 Å². The molecule has 0 radical (unpaired) electrons. The molecule has 2 rings (SSSR count). The average Bonchev–Trinajstić information content (AvgIpc) is 2.74. The Bertz CT molecular complexity index is 473. The summed E-state index contributed by atoms with van der Waals surface area (Å²) in [5, 5.41) is 4.21. The van der Waals surface area contributed by atoms with Gasteiger partial charge in [0.1, 0.15) is 0 Å². The van der Waals surface area contributed by atoms with Crippen molar-refractivity contribution in [1.29, 1.82) is 0 Å². The minimum Gasteiger partial charge on any atom is -0.352 e. The highest BCUT2D eigenvalue weighted by Gasteiger charge is 2.01. The van der Waals surface area contributed by atoms with Gasteiger partial charge in [-0.15, -0.1) is 11.3 Å². The van der Waals surface area contributed by atoms with Crippen LogP contribution in [-0.4, -0.2) is 4.57 Å². The number of halogens is 1. The van der Waals surface area contributed by atoms with Crippen molar-refractivity contribution in [1.82, 2.24) is 9.88 Å². The van der Waals surface area contributed by atoms with Crippen molar-refractivity contribution in [3.05, 3.63) is 44.9 Å². The summed E-state index contributed by atoms with van der Waals surface area (Å²) in [5.74, 6) is 0. The van der Waals surface area contributed by atoms with Gasteiger partial charge in [0, 0.05) is 41.8 Å². The van der Waals surface area contributed by atoms with E-state index in [0.29, 0.717) is 0 Å². The van der Waals surface area contributed by atoms with Crippen LogP contribution in [0.15, 0.2) is 24.4 Å². The summed E-state index contributed by atoms with van der Waals surface area (Å²) in [4.78, 5) is 2.73. The molecule has 2 aromatic heterocycles. The van der Waals surface area contributed by atoms with Crippen LogP contribution in [0.4, 0.5) is 0 Å². The predicted octanol–water partition coefficient (Wildman–Crippen LogP) is 3.34. The minimum atomic E-state index is 0.797. The Balaban J connectivity index is 1.86. The van der Waals surface area contributed by atoms with Crippen LogP contribution in [0.3, 0.4) is 0 Å². The van der Waals surface area contributed by atoms with Crippen molar-refractivity contribution in [3.63, 3.8) is 0 Å². The van der Waals surface area contributed by atoms with Crippen LogP contribution < -0.4 is 5.32 Å². The first-order valence-corrected chi connectivity index (χ1v) is 6.41. The fourth-order valence-electron chi connectivity index (χ4n) is 1.64. The lowest BCUT2D eigenvalue weighted by molar-refractivity contribution is 0.660. The molecule has 0 bridgehead atoms. The molecule has 0 aliphatic rings. The zero-order chi connectivity index (χ0) is 11.5. The maximum atomic E-state index is 5.92. The minimum absolute atomic E-state index is 0.797. The summed E-state index contributed by atoms with van der Waals surface area (Å²) in [6.07, 6.45) is 1.92. The molecular weight excluding hydrogens is 240 g/mol. The second-order valence-electron chi connectivity index (χ2n) is 3.88. The van der Waals surface area contributed by atoms with E-state index in [4.69, 9.17) is 11.6 Å². The van der Waals surface area contributed by atoms with Gasteiger partial charge in [-0.1, -0.05) is 11.6 Å². The summed E-state index contributed by atoms with van der Waals surface area (Å²) in [6.45, 7) is 3.90. The number of thiophene rings is 1. The average molecular weight is 255 g/mol. The van der Waals surface area contributed by atoms with Crippen molar-refractivity contribution in [2.45, 2.75) is 20.0 Å². The second kappa shape index (κ2) is 5.04. The van der Waals surface area contributed by atoms with E-state index in [1.54, 1.807) is 0 Å². The van der Waals surface area contributed by atoms with Gasteiger partial charge in [0.15, 0.2) is 0 Å². The van der Waals surface area contributed by atoms with E-state index in [-0.39, 0.29) is 0 Å². The molecule has 0 saturated heterocycles. The van der Waals surface area contributed by atoms with Crippen molar-refractivity contribution in [3.8, 4) is 0 Å². The molecule has 4 heteroatoms. The van der Waals surface area contributed by atoms with Gasteiger partial charge in [-0.3, -0.25) is 0 Å². The number of hydrogen-bond acceptors (Lipinski definition) is 2. The van der Waals surface area contributed by atoms with E-state index < -0.39 is 0 Å². The quantitative estimate of drug-likeness (QED) is 0.886. The van der Waals surface area contributed by atoms with Crippen LogP contribution in [0.1, 0.15) is 15.4 Å². The van der Waals surface area contributed by atoms with Crippen molar-refractivity contribution in [2.24, 2.45) is 7.05 Å². The number of nitrogens with zero attached hydrogens (tertiary/aromatic N) is 1. The van der Waals surface area contributed by atoms with Gasteiger partial charge in [0.2, 0.25) is 0 Å². The lowest BCUT2D eigenvalue weighted by atomic mass is 10.4. The summed E-state index contributed by atoms with van der Waals surface area (Å²) in [7, 11) is 2.01. The molecule has 86 valence electrons. The van der Waals surface area contributed by atoms with Crippen molar-refractivity contribution >= 4 is 22.9 Å². The zero-order valence-corrected chi connectivity index (χ0v) is 11.0. The molecule has 0 saturated carbocycles. The molecule has 0 atom stereocenters. The largest absolute Gasteiger partial charge is 0.352 e. The van der Waals surface area contributed by atoms with Crippen LogP contribution in [0.5, 0.6) is 0 Å². The smallest absolute Gasteiger partial charge is 0.0585 e. The Labute approximate surface area is 105 Å². The SMILES string of the molecule is Cc1ccc(CNCc2cc(Cl)cn2C)s1. The van der Waals surface area contributed by atoms with Crippen LogP contribution in [0, 0.1) is 6.92 Å². The zero-order valence-electron chi connectivity index (χ0n) is 9.46. The summed E-state index contributed by atoms with van der Waals surface area (Å²) in [6, 6.07) is 6.32. The Kier molecular flexibility index (Phi) is 3.69. The Morgan fingerprint density at radius 3 is 2.75 bits per heavy atom. The van der Waals surface area contributed by atoms with Gasteiger partial charge in [-0.05, 0) is 25.1 Å². The second-order valence-corrected chi connectivity index (χ2v) is 5.69. The third-order valence-electron chi connectivity index (χ3n) is 2.48. The van der Waals surface area contributed by atoms with Gasteiger partial charge in [-0.25, -0.2) is 0 Å². The Morgan fingerprint density at radius 1 is 1.38 bits per heavy atom. The lowest BCUT2D eigenvalue weighted by Gasteiger charge is -2.04. The molecule has 0 aromatic carbocycles. The third-order valence-corrected chi connectivity index (χ3v) is 3.68. The standard InChI is InChI=1S/C12H15ClN2S/c1-9-3-4-12(16-9)7-14-6-11-5-10(13)8-15(11)2/h3-5,8,14H,6-7H2,1-2H3. The van der Waals surface area contributed by atoms with Gasteiger partial charge in [0.25, 0.3) is 0 Å². The normalized spacial score (nSPS) is 10.9. The molecule has 1 N–H and O–H groups in total. The van der Waals surface area contributed by atoms with E-state index in [1.807, 2.05) is 30.6 Å². The lowest BCUT2D eigenvalue weighted by Crippen LogP contribution is -2.13. The van der Waals surface area contributed by atoms with Gasteiger partial charge in [-0.2, -0.15) is 0 Å². The van der Waals surface area contributed by atoms with Crippen molar-refractivity contribution in [2.75, 3.05) is 0 Å². The molecule has 2 nitrogen and oxygen atoms in total. The molecule has 0 aliphatic carbocycles. The summed E-state index contributed by atoms with van der Waals surface area (Å²) >= 11 is 7.76. The summed E-state index contributed by atoms with van der Waals surface area (Å²) < 4.78 is 2.05. The Morgan fingerprint density at radius 2 is 2.19 bits per heavy atom. The van der Waals surface area contributed by atoms with Crippen LogP contribution in [-0.2, 0) is 20.1 Å². The first-order valence-electron chi connectivity index (χ1n) is 5.22. The molecule has 2 heterocycles. The molecule has 0 spiro atoms. The fourth-order valence-corrected chi connectivity index (χ4v) is 2.77. The van der Waals surface area contributed by atoms with Crippen LogP contribution in [0.25, 0.3) is 0 Å². The molecule has 2 aromatic rings. The molecule has 16 heavy (non-hydrogen) atoms. The predicted molar refractivity (Wildman–Crippen MR) is 70.0 cm³/mol. The molecule has 0 aliphatic heterocycles. The highest BCUT2D eigenvalue weighted by Crippen LogP contribution is 2.15. The van der Waals surface area contributed by atoms with Crippen molar-refractivity contribution < 1.29 is 0 Å². The number of hydrogen-bond donors (Lipinski definition) is 1. The molecular formula is C12H15ClN2S. The van der Waals surface area contributed by atoms with E-state index in [2.05, 4.69) is 28.9 Å². The van der Waals surface area contributed by atoms with Crippen LogP contribution >= 0.6 is 22.9 Å². The van der Waals surface area contributed by atoms with E-state index in [0.717, 1.165) is 18.1 Å². The van der Waals surface area contributed by atoms with Gasteiger partial charge < -0.3 is 9.88 Å². The number of aryl methyl sites for hydroxylation is 2. The maximum absolute atomic E-state index is 5.92. The molecule has 0 unspecified atom stereocenters. The number of rotatable bonds is 4. The first-order chi connectivity index (χ1) is 7.65. The third kappa shape index (κ3) is 2.88. The van der Waals surface area contributed by atoms with Crippen LogP contribution in [0.2, 0.25) is 5.02 Å². The maximum Gasteiger partial charge on any atom is 0.0585 e. The Hall–Kier alpha value is -0.770. The van der Waals surface area contributed by atoms with E-state index in [1.165, 1.54) is 15.4 Å². The topological polar surface area (TPSA) is 17.0 Å². The number of aromatic nitrogens is 1. The monoisotopic (exact) mass is 254 g/mol. The fraction of sp³-hybridized carbons (Fsp3) is 0.333. The summed E-state index contributed by atoms with van der Waals surface area (Å²) in [5.41, 5.74) is 1.21. The molecule has 0 fully saturated rings. The number of nitrogens with one attached hydrogen (secondary N) is 1. The highest BCUT2D eigenvalue weighted by atomic mass is 35.5. The van der Waals surface area contributed by atoms with Gasteiger partial charge in [0.05, 0.1) is 5.02 Å².